The molecule has 0 aromatic heterocycles. The first kappa shape index (κ1) is 22.9. The van der Waals surface area contributed by atoms with Crippen LogP contribution >= 0.6 is 0 Å². The molecule has 30 heavy (non-hydrogen) atoms. The lowest BCUT2D eigenvalue weighted by Crippen LogP contribution is -2.59. The van der Waals surface area contributed by atoms with E-state index in [0.717, 1.165) is 42.4 Å². The summed E-state index contributed by atoms with van der Waals surface area (Å²) in [5, 5.41) is 10.3. The molecule has 0 aliphatic heterocycles. The van der Waals surface area contributed by atoms with Crippen LogP contribution < -0.4 is 0 Å². The molecule has 0 heterocycles. The van der Waals surface area contributed by atoms with Crippen LogP contribution in [0.5, 0.6) is 0 Å². The van der Waals surface area contributed by atoms with Crippen LogP contribution in [0.15, 0.2) is 12.2 Å². The Balaban J connectivity index is 1.56. The molecule has 0 radical (unpaired) electrons. The lowest BCUT2D eigenvalue weighted by Gasteiger charge is -2.66. The van der Waals surface area contributed by atoms with E-state index >= 15 is 0 Å². The van der Waals surface area contributed by atoms with Crippen molar-refractivity contribution in [2.24, 2.45) is 57.7 Å². The monoisotopic (exact) mass is 414 g/mol. The topological polar surface area (TPSA) is 20.2 Å². The van der Waals surface area contributed by atoms with Gasteiger partial charge in [-0.15, -0.1) is 0 Å². The van der Waals surface area contributed by atoms with Crippen molar-refractivity contribution in [1.82, 2.24) is 0 Å². The summed E-state index contributed by atoms with van der Waals surface area (Å²) in [5.74, 6) is 5.52. The van der Waals surface area contributed by atoms with E-state index in [2.05, 4.69) is 60.6 Å². The van der Waals surface area contributed by atoms with E-state index in [4.69, 9.17) is 0 Å². The molecule has 172 valence electrons. The number of rotatable bonds is 4. The summed E-state index contributed by atoms with van der Waals surface area (Å²) in [6.45, 7) is 17.6. The van der Waals surface area contributed by atoms with E-state index in [1.54, 1.807) is 0 Å². The zero-order valence-electron chi connectivity index (χ0n) is 21.1. The first-order chi connectivity index (χ1) is 14.0. The molecule has 0 saturated heterocycles. The van der Waals surface area contributed by atoms with Gasteiger partial charge in [0.25, 0.3) is 0 Å². The van der Waals surface area contributed by atoms with Crippen molar-refractivity contribution in [3.05, 3.63) is 12.2 Å². The summed E-state index contributed by atoms with van der Waals surface area (Å²) in [4.78, 5) is 0. The molecule has 0 unspecified atom stereocenters. The molecule has 10 atom stereocenters. The van der Waals surface area contributed by atoms with Gasteiger partial charge in [-0.3, -0.25) is 0 Å². The fourth-order valence-electron chi connectivity index (χ4n) is 9.53. The fraction of sp³-hybridized carbons (Fsp3) is 0.931. The molecule has 1 heteroatoms. The first-order valence-corrected chi connectivity index (χ1v) is 13.4. The maximum Gasteiger partial charge on any atom is 0.0543 e. The van der Waals surface area contributed by atoms with E-state index < -0.39 is 0 Å². The van der Waals surface area contributed by atoms with Crippen molar-refractivity contribution in [3.63, 3.8) is 0 Å². The van der Waals surface area contributed by atoms with E-state index in [0.29, 0.717) is 28.1 Å². The van der Waals surface area contributed by atoms with Crippen LogP contribution in [0.3, 0.4) is 0 Å². The van der Waals surface area contributed by atoms with Gasteiger partial charge in [0.05, 0.1) is 6.10 Å². The van der Waals surface area contributed by atoms with Crippen LogP contribution in [-0.2, 0) is 0 Å². The van der Waals surface area contributed by atoms with Gasteiger partial charge < -0.3 is 5.11 Å². The van der Waals surface area contributed by atoms with Crippen molar-refractivity contribution in [2.45, 2.75) is 112 Å². The molecule has 0 aromatic rings. The third-order valence-electron chi connectivity index (χ3n) is 11.7. The number of aliphatic hydroxyl groups excluding tert-OH is 1. The molecule has 0 amide bonds. The highest BCUT2D eigenvalue weighted by atomic mass is 16.3. The molecule has 4 fully saturated rings. The van der Waals surface area contributed by atoms with Gasteiger partial charge in [0.2, 0.25) is 0 Å². The third kappa shape index (κ3) is 3.45. The summed E-state index contributed by atoms with van der Waals surface area (Å²) >= 11 is 0. The average Bonchev–Trinajstić information content (AvgIpc) is 3.05. The van der Waals surface area contributed by atoms with Crippen molar-refractivity contribution >= 4 is 0 Å². The first-order valence-electron chi connectivity index (χ1n) is 13.4. The molecule has 0 bridgehead atoms. The second-order valence-electron chi connectivity index (χ2n) is 13.4. The standard InChI is InChI=1S/C29H50O/c1-19(2)20(3)8-9-21(4)24-10-11-25-28(24,6)17-14-26-27(5)16-13-23(30)18-22(27)12-15-29(25,26)7/h8-9,19-26,30H,10-18H2,1-7H3/t20-,21+,22-,23-,24+,25+,26+,27-,28+,29-/m0/s1. The number of fused-ring (bicyclic) bond motifs is 5. The fourth-order valence-corrected chi connectivity index (χ4v) is 9.53. The molecule has 0 aromatic carbocycles. The predicted molar refractivity (Wildman–Crippen MR) is 128 cm³/mol. The molecule has 1 N–H and O–H groups in total. The smallest absolute Gasteiger partial charge is 0.0543 e. The van der Waals surface area contributed by atoms with Crippen LogP contribution in [0, 0.1) is 57.7 Å². The zero-order valence-corrected chi connectivity index (χ0v) is 21.1. The molecular formula is C29H50O. The Morgan fingerprint density at radius 2 is 1.37 bits per heavy atom. The van der Waals surface area contributed by atoms with Crippen LogP contribution in [-0.4, -0.2) is 11.2 Å². The van der Waals surface area contributed by atoms with Gasteiger partial charge >= 0.3 is 0 Å². The third-order valence-corrected chi connectivity index (χ3v) is 11.7. The van der Waals surface area contributed by atoms with Crippen LogP contribution in [0.1, 0.15) is 106 Å². The quantitative estimate of drug-likeness (QED) is 0.464. The highest BCUT2D eigenvalue weighted by molar-refractivity contribution is 5.15. The van der Waals surface area contributed by atoms with Crippen LogP contribution in [0.2, 0.25) is 0 Å². The van der Waals surface area contributed by atoms with E-state index in [1.165, 1.54) is 44.9 Å². The van der Waals surface area contributed by atoms with E-state index in [-0.39, 0.29) is 6.10 Å². The minimum Gasteiger partial charge on any atom is -0.393 e. The molecule has 1 nitrogen and oxygen atoms in total. The SMILES string of the molecule is CC(C)[C@@H](C)C=C[C@@H](C)[C@H]1CC[C@H]2[C@]3(C)CC[C@H]4C[C@@H](O)CC[C@]4(C)[C@H]3CC[C@@]21C. The highest BCUT2D eigenvalue weighted by Crippen LogP contribution is 2.72. The second-order valence-corrected chi connectivity index (χ2v) is 13.4. The van der Waals surface area contributed by atoms with Crippen molar-refractivity contribution in [3.8, 4) is 0 Å². The molecule has 4 saturated carbocycles. The zero-order chi connectivity index (χ0) is 21.9. The second kappa shape index (κ2) is 7.93. The summed E-state index contributed by atoms with van der Waals surface area (Å²) in [6.07, 6.45) is 17.0. The van der Waals surface area contributed by atoms with Gasteiger partial charge in [0.15, 0.2) is 0 Å². The van der Waals surface area contributed by atoms with E-state index in [9.17, 15) is 5.11 Å². The number of hydrogen-bond donors (Lipinski definition) is 1. The molecule has 0 spiro atoms. The number of hydrogen-bond acceptors (Lipinski definition) is 1. The Labute approximate surface area is 187 Å². The van der Waals surface area contributed by atoms with E-state index in [1.807, 2.05) is 0 Å². The Morgan fingerprint density at radius 3 is 2.07 bits per heavy atom. The Bertz CT molecular complexity index is 651. The summed E-state index contributed by atoms with van der Waals surface area (Å²) < 4.78 is 0. The Hall–Kier alpha value is -0.300. The van der Waals surface area contributed by atoms with Gasteiger partial charge in [0.1, 0.15) is 0 Å². The maximum atomic E-state index is 10.3. The van der Waals surface area contributed by atoms with Gasteiger partial charge in [0, 0.05) is 0 Å². The average molecular weight is 415 g/mol. The van der Waals surface area contributed by atoms with Gasteiger partial charge in [-0.1, -0.05) is 60.6 Å². The molecule has 4 rings (SSSR count). The van der Waals surface area contributed by atoms with Gasteiger partial charge in [-0.2, -0.15) is 0 Å². The highest BCUT2D eigenvalue weighted by Gasteiger charge is 2.65. The van der Waals surface area contributed by atoms with Crippen LogP contribution in [0.4, 0.5) is 0 Å². The van der Waals surface area contributed by atoms with Crippen molar-refractivity contribution in [1.29, 1.82) is 0 Å². The lowest BCUT2D eigenvalue weighted by atomic mass is 9.39. The molecule has 4 aliphatic carbocycles. The normalized spacial score (nSPS) is 50.8. The Kier molecular flexibility index (Phi) is 6.05. The Morgan fingerprint density at radius 1 is 0.733 bits per heavy atom. The van der Waals surface area contributed by atoms with Crippen molar-refractivity contribution in [2.75, 3.05) is 0 Å². The van der Waals surface area contributed by atoms with Gasteiger partial charge in [-0.05, 0) is 115 Å². The summed E-state index contributed by atoms with van der Waals surface area (Å²) in [7, 11) is 0. The maximum absolute atomic E-state index is 10.3. The minimum absolute atomic E-state index is 0.0296. The lowest BCUT2D eigenvalue weighted by molar-refractivity contribution is -0.175. The number of aliphatic hydroxyl groups is 1. The van der Waals surface area contributed by atoms with Crippen molar-refractivity contribution < 1.29 is 5.11 Å². The molecular weight excluding hydrogens is 364 g/mol. The predicted octanol–water partition coefficient (Wildman–Crippen LogP) is 7.88. The summed E-state index contributed by atoms with van der Waals surface area (Å²) in [6, 6.07) is 0. The van der Waals surface area contributed by atoms with Crippen LogP contribution in [0.25, 0.3) is 0 Å². The number of allylic oxidation sites excluding steroid dienone is 2. The van der Waals surface area contributed by atoms with Gasteiger partial charge in [-0.25, -0.2) is 0 Å². The minimum atomic E-state index is -0.0296. The summed E-state index contributed by atoms with van der Waals surface area (Å²) in [5.41, 5.74) is 1.52. The molecule has 4 aliphatic rings. The largest absolute Gasteiger partial charge is 0.393 e.